The zero-order valence-electron chi connectivity index (χ0n) is 7.62. The van der Waals surface area contributed by atoms with Crippen LogP contribution in [-0.2, 0) is 11.3 Å². The van der Waals surface area contributed by atoms with E-state index >= 15 is 0 Å². The van der Waals surface area contributed by atoms with Crippen molar-refractivity contribution in [3.63, 3.8) is 0 Å². The smallest absolute Gasteiger partial charge is 0.219 e. The molecular weight excluding hydrogens is 171 g/mol. The van der Waals surface area contributed by atoms with E-state index in [-0.39, 0.29) is 5.91 Å². The summed E-state index contributed by atoms with van der Waals surface area (Å²) in [5, 5.41) is 0. The van der Waals surface area contributed by atoms with Crippen molar-refractivity contribution in [2.45, 2.75) is 13.5 Å². The van der Waals surface area contributed by atoms with E-state index in [2.05, 4.69) is 4.98 Å². The number of halogens is 1. The molecule has 0 unspecified atom stereocenters. The first-order chi connectivity index (χ1) is 6.09. The second kappa shape index (κ2) is 3.98. The second-order valence-electron chi connectivity index (χ2n) is 2.83. The minimum absolute atomic E-state index is 0.0638. The van der Waals surface area contributed by atoms with Gasteiger partial charge in [-0.05, 0) is 12.1 Å². The summed E-state index contributed by atoms with van der Waals surface area (Å²) in [6.07, 6.45) is 0. The van der Waals surface area contributed by atoms with Crippen LogP contribution in [0.4, 0.5) is 4.39 Å². The van der Waals surface area contributed by atoms with E-state index in [1.165, 1.54) is 17.9 Å². The Hall–Kier alpha value is -1.45. The number of hydrogen-bond acceptors (Lipinski definition) is 2. The molecule has 0 fully saturated rings. The maximum absolute atomic E-state index is 12.6. The minimum atomic E-state index is -0.519. The minimum Gasteiger partial charge on any atom is -0.340 e. The third-order valence-electron chi connectivity index (χ3n) is 1.71. The van der Waals surface area contributed by atoms with E-state index in [1.54, 1.807) is 19.2 Å². The summed E-state index contributed by atoms with van der Waals surface area (Å²) in [6.45, 7) is 1.80. The number of pyridine rings is 1. The Morgan fingerprint density at radius 1 is 1.62 bits per heavy atom. The van der Waals surface area contributed by atoms with Crippen molar-refractivity contribution < 1.29 is 9.18 Å². The van der Waals surface area contributed by atoms with E-state index in [9.17, 15) is 9.18 Å². The molecule has 13 heavy (non-hydrogen) atoms. The molecule has 0 aliphatic carbocycles. The SMILES string of the molecule is CC(=O)N(C)Cc1cccc(F)n1. The van der Waals surface area contributed by atoms with Gasteiger partial charge in [-0.2, -0.15) is 4.39 Å². The number of amides is 1. The summed E-state index contributed by atoms with van der Waals surface area (Å²) in [7, 11) is 1.65. The van der Waals surface area contributed by atoms with Gasteiger partial charge < -0.3 is 4.90 Å². The van der Waals surface area contributed by atoms with Crippen molar-refractivity contribution in [1.29, 1.82) is 0 Å². The van der Waals surface area contributed by atoms with Crippen molar-refractivity contribution in [2.24, 2.45) is 0 Å². The Morgan fingerprint density at radius 2 is 2.31 bits per heavy atom. The second-order valence-corrected chi connectivity index (χ2v) is 2.83. The Bertz CT molecular complexity index is 314. The zero-order valence-corrected chi connectivity index (χ0v) is 7.62. The standard InChI is InChI=1S/C9H11FN2O/c1-7(13)12(2)6-8-4-3-5-9(10)11-8/h3-5H,6H2,1-2H3. The highest BCUT2D eigenvalue weighted by Crippen LogP contribution is 2.01. The van der Waals surface area contributed by atoms with Gasteiger partial charge in [-0.25, -0.2) is 4.98 Å². The third kappa shape index (κ3) is 2.82. The van der Waals surface area contributed by atoms with E-state index < -0.39 is 5.95 Å². The molecule has 0 aliphatic rings. The van der Waals surface area contributed by atoms with Crippen LogP contribution in [0.3, 0.4) is 0 Å². The largest absolute Gasteiger partial charge is 0.340 e. The lowest BCUT2D eigenvalue weighted by molar-refractivity contribution is -0.128. The first kappa shape index (κ1) is 9.64. The third-order valence-corrected chi connectivity index (χ3v) is 1.71. The summed E-state index contributed by atoms with van der Waals surface area (Å²) in [5.41, 5.74) is 0.553. The molecule has 0 N–H and O–H groups in total. The van der Waals surface area contributed by atoms with Crippen molar-refractivity contribution in [2.75, 3.05) is 7.05 Å². The Labute approximate surface area is 76.2 Å². The van der Waals surface area contributed by atoms with Crippen LogP contribution in [0.25, 0.3) is 0 Å². The number of rotatable bonds is 2. The highest BCUT2D eigenvalue weighted by Gasteiger charge is 2.04. The van der Waals surface area contributed by atoms with Crippen molar-refractivity contribution in [1.82, 2.24) is 9.88 Å². The average molecular weight is 182 g/mol. The molecule has 4 heteroatoms. The molecule has 3 nitrogen and oxygen atoms in total. The van der Waals surface area contributed by atoms with Crippen LogP contribution in [-0.4, -0.2) is 22.8 Å². The normalized spacial score (nSPS) is 9.77. The lowest BCUT2D eigenvalue weighted by Gasteiger charge is -2.13. The molecular formula is C9H11FN2O. The molecule has 0 bridgehead atoms. The molecule has 0 aromatic carbocycles. The van der Waals surface area contributed by atoms with Gasteiger partial charge in [0.1, 0.15) is 0 Å². The van der Waals surface area contributed by atoms with Crippen molar-refractivity contribution >= 4 is 5.91 Å². The molecule has 0 atom stereocenters. The van der Waals surface area contributed by atoms with Gasteiger partial charge in [-0.15, -0.1) is 0 Å². The molecule has 0 saturated heterocycles. The molecule has 0 spiro atoms. The summed E-state index contributed by atoms with van der Waals surface area (Å²) in [6, 6.07) is 4.53. The number of carbonyl (C=O) groups is 1. The van der Waals surface area contributed by atoms with Gasteiger partial charge in [0.05, 0.1) is 12.2 Å². The van der Waals surface area contributed by atoms with Gasteiger partial charge in [0, 0.05) is 14.0 Å². The molecule has 1 rings (SSSR count). The molecule has 1 aromatic heterocycles. The van der Waals surface area contributed by atoms with Crippen LogP contribution in [0.5, 0.6) is 0 Å². The fourth-order valence-electron chi connectivity index (χ4n) is 0.893. The maximum Gasteiger partial charge on any atom is 0.219 e. The molecule has 0 radical (unpaired) electrons. The number of hydrogen-bond donors (Lipinski definition) is 0. The highest BCUT2D eigenvalue weighted by molar-refractivity contribution is 5.72. The zero-order chi connectivity index (χ0) is 9.84. The lowest BCUT2D eigenvalue weighted by atomic mass is 10.3. The van der Waals surface area contributed by atoms with Crippen LogP contribution in [0.2, 0.25) is 0 Å². The topological polar surface area (TPSA) is 33.2 Å². The number of aromatic nitrogens is 1. The van der Waals surface area contributed by atoms with Crippen LogP contribution >= 0.6 is 0 Å². The summed E-state index contributed by atoms with van der Waals surface area (Å²) < 4.78 is 12.6. The van der Waals surface area contributed by atoms with Gasteiger partial charge in [0.2, 0.25) is 11.9 Å². The van der Waals surface area contributed by atoms with Crippen LogP contribution in [0.1, 0.15) is 12.6 Å². The summed E-state index contributed by atoms with van der Waals surface area (Å²) in [5.74, 6) is -0.583. The van der Waals surface area contributed by atoms with Gasteiger partial charge in [0.25, 0.3) is 0 Å². The molecule has 0 saturated carbocycles. The van der Waals surface area contributed by atoms with Crippen LogP contribution in [0.15, 0.2) is 18.2 Å². The number of nitrogens with zero attached hydrogens (tertiary/aromatic N) is 2. The Kier molecular flexibility index (Phi) is 2.95. The monoisotopic (exact) mass is 182 g/mol. The van der Waals surface area contributed by atoms with Crippen molar-refractivity contribution in [3.05, 3.63) is 29.8 Å². The predicted molar refractivity (Wildman–Crippen MR) is 46.3 cm³/mol. The first-order valence-corrected chi connectivity index (χ1v) is 3.92. The van der Waals surface area contributed by atoms with Crippen LogP contribution in [0, 0.1) is 5.95 Å². The fraction of sp³-hybridized carbons (Fsp3) is 0.333. The van der Waals surface area contributed by atoms with Gasteiger partial charge in [-0.3, -0.25) is 4.79 Å². The summed E-state index contributed by atoms with van der Waals surface area (Å²) >= 11 is 0. The summed E-state index contributed by atoms with van der Waals surface area (Å²) in [4.78, 5) is 15.9. The Morgan fingerprint density at radius 3 is 2.85 bits per heavy atom. The first-order valence-electron chi connectivity index (χ1n) is 3.92. The fourth-order valence-corrected chi connectivity index (χ4v) is 0.893. The van der Waals surface area contributed by atoms with Gasteiger partial charge in [-0.1, -0.05) is 6.07 Å². The average Bonchev–Trinajstić information content (AvgIpc) is 2.04. The van der Waals surface area contributed by atoms with E-state index in [1.807, 2.05) is 0 Å². The predicted octanol–water partition coefficient (Wildman–Crippen LogP) is 1.20. The van der Waals surface area contributed by atoms with Crippen molar-refractivity contribution in [3.8, 4) is 0 Å². The number of carbonyl (C=O) groups excluding carboxylic acids is 1. The molecule has 70 valence electrons. The van der Waals surface area contributed by atoms with E-state index in [0.717, 1.165) is 0 Å². The van der Waals surface area contributed by atoms with Gasteiger partial charge in [0.15, 0.2) is 0 Å². The molecule has 0 aliphatic heterocycles. The quantitative estimate of drug-likeness (QED) is 0.644. The van der Waals surface area contributed by atoms with Crippen LogP contribution < -0.4 is 0 Å². The van der Waals surface area contributed by atoms with E-state index in [0.29, 0.717) is 12.2 Å². The van der Waals surface area contributed by atoms with Gasteiger partial charge >= 0.3 is 0 Å². The molecule has 1 aromatic rings. The molecule has 1 heterocycles. The lowest BCUT2D eigenvalue weighted by Crippen LogP contribution is -2.23. The highest BCUT2D eigenvalue weighted by atomic mass is 19.1. The molecule has 1 amide bonds. The Balaban J connectivity index is 2.69. The maximum atomic E-state index is 12.6. The van der Waals surface area contributed by atoms with E-state index in [4.69, 9.17) is 0 Å².